The summed E-state index contributed by atoms with van der Waals surface area (Å²) in [6, 6.07) is 7.09. The molecule has 1 aromatic carbocycles. The molecule has 0 saturated carbocycles. The average Bonchev–Trinajstić information content (AvgIpc) is 3.50. The maximum atomic E-state index is 11.4. The molecule has 46 heavy (non-hydrogen) atoms. The Morgan fingerprint density at radius 2 is 1.24 bits per heavy atom. The van der Waals surface area contributed by atoms with Gasteiger partial charge in [0.2, 0.25) is 11.9 Å². The van der Waals surface area contributed by atoms with Gasteiger partial charge in [-0.1, -0.05) is 41.5 Å². The van der Waals surface area contributed by atoms with E-state index in [0.29, 0.717) is 44.1 Å². The van der Waals surface area contributed by atoms with E-state index in [0.717, 1.165) is 31.2 Å². The molecule has 2 aromatic rings. The van der Waals surface area contributed by atoms with Gasteiger partial charge in [-0.2, -0.15) is 15.0 Å². The number of anilines is 2. The summed E-state index contributed by atoms with van der Waals surface area (Å²) >= 11 is 0. The van der Waals surface area contributed by atoms with Crippen molar-refractivity contribution >= 4 is 34.2 Å². The molecule has 0 spiro atoms. The van der Waals surface area contributed by atoms with Gasteiger partial charge in [-0.25, -0.2) is 0 Å². The highest BCUT2D eigenvalue weighted by Gasteiger charge is 2.44. The van der Waals surface area contributed by atoms with Crippen LogP contribution in [0.3, 0.4) is 0 Å². The second kappa shape index (κ2) is 12.9. The highest BCUT2D eigenvalue weighted by atomic mass is 28.4. The number of benzene rings is 1. The maximum Gasteiger partial charge on any atom is 0.269 e. The number of rotatable bonds is 10. The van der Waals surface area contributed by atoms with Crippen molar-refractivity contribution in [2.24, 2.45) is 0 Å². The van der Waals surface area contributed by atoms with Gasteiger partial charge < -0.3 is 23.4 Å². The van der Waals surface area contributed by atoms with Crippen molar-refractivity contribution in [3.8, 4) is 11.4 Å². The molecular formula is C33H54N6O5Si2. The van der Waals surface area contributed by atoms with Gasteiger partial charge in [0.25, 0.3) is 5.69 Å². The van der Waals surface area contributed by atoms with Crippen molar-refractivity contribution in [2.75, 3.05) is 36.2 Å². The van der Waals surface area contributed by atoms with Crippen LogP contribution in [0.4, 0.5) is 17.6 Å². The van der Waals surface area contributed by atoms with Gasteiger partial charge in [-0.05, 0) is 74.1 Å². The summed E-state index contributed by atoms with van der Waals surface area (Å²) in [6.07, 6.45) is 3.98. The number of ether oxygens (including phenoxy) is 1. The molecule has 3 fully saturated rings. The van der Waals surface area contributed by atoms with E-state index >= 15 is 0 Å². The monoisotopic (exact) mass is 670 g/mol. The normalized spacial score (nSPS) is 24.1. The SMILES string of the molecule is CC(C)(C)[Si](C)(C)OCC1CCC(CO[Si](C)(C)C(C)(C)C)N1c1nc(-c2ccc([N+](=O)[O-])cc2)nc(N2C3CCC2COC3)n1. The van der Waals surface area contributed by atoms with E-state index in [1.54, 1.807) is 12.1 Å². The molecule has 1 aromatic heterocycles. The topological polar surface area (TPSA) is 116 Å². The third kappa shape index (κ3) is 7.18. The largest absolute Gasteiger partial charge is 0.415 e. The third-order valence-corrected chi connectivity index (χ3v) is 20.2. The van der Waals surface area contributed by atoms with Crippen molar-refractivity contribution in [1.82, 2.24) is 15.0 Å². The highest BCUT2D eigenvalue weighted by Crippen LogP contribution is 2.41. The first-order valence-electron chi connectivity index (χ1n) is 16.8. The average molecular weight is 671 g/mol. The molecule has 0 radical (unpaired) electrons. The van der Waals surface area contributed by atoms with Crippen LogP contribution in [0.5, 0.6) is 0 Å². The van der Waals surface area contributed by atoms with Gasteiger partial charge in [0.1, 0.15) is 0 Å². The predicted molar refractivity (Wildman–Crippen MR) is 188 cm³/mol. The summed E-state index contributed by atoms with van der Waals surface area (Å²) in [4.78, 5) is 31.0. The minimum atomic E-state index is -2.01. The molecule has 2 bridgehead atoms. The van der Waals surface area contributed by atoms with Gasteiger partial charge in [-0.15, -0.1) is 0 Å². The Hall–Kier alpha value is -2.46. The number of aromatic nitrogens is 3. The minimum Gasteiger partial charge on any atom is -0.415 e. The lowest BCUT2D eigenvalue weighted by Crippen LogP contribution is -2.50. The van der Waals surface area contributed by atoms with Crippen LogP contribution in [0.25, 0.3) is 11.4 Å². The van der Waals surface area contributed by atoms with Crippen LogP contribution < -0.4 is 9.80 Å². The van der Waals surface area contributed by atoms with E-state index in [1.165, 1.54) is 12.1 Å². The Kier molecular flexibility index (Phi) is 9.75. The van der Waals surface area contributed by atoms with Crippen molar-refractivity contribution in [1.29, 1.82) is 0 Å². The van der Waals surface area contributed by atoms with Crippen LogP contribution in [0.1, 0.15) is 67.2 Å². The molecule has 13 heteroatoms. The van der Waals surface area contributed by atoms with Gasteiger partial charge in [0.05, 0.1) is 55.5 Å². The van der Waals surface area contributed by atoms with Crippen molar-refractivity contribution in [2.45, 2.75) is 128 Å². The summed E-state index contributed by atoms with van der Waals surface area (Å²) in [5, 5.41) is 11.6. The molecule has 11 nitrogen and oxygen atoms in total. The maximum absolute atomic E-state index is 11.4. The van der Waals surface area contributed by atoms with Crippen molar-refractivity contribution < 1.29 is 18.5 Å². The first kappa shape index (κ1) is 34.9. The second-order valence-corrected chi connectivity index (χ2v) is 25.9. The third-order valence-electron chi connectivity index (χ3n) is 11.2. The van der Waals surface area contributed by atoms with E-state index in [1.807, 2.05) is 0 Å². The quantitative estimate of drug-likeness (QED) is 0.146. The van der Waals surface area contributed by atoms with Crippen molar-refractivity contribution in [3.05, 3.63) is 34.4 Å². The Balaban J connectivity index is 1.56. The van der Waals surface area contributed by atoms with Gasteiger partial charge >= 0.3 is 0 Å². The molecule has 0 amide bonds. The van der Waals surface area contributed by atoms with Gasteiger partial charge in [0.15, 0.2) is 22.5 Å². The van der Waals surface area contributed by atoms with Crippen LogP contribution in [0.2, 0.25) is 36.3 Å². The fourth-order valence-corrected chi connectivity index (χ4v) is 8.14. The number of morpholine rings is 1. The lowest BCUT2D eigenvalue weighted by Gasteiger charge is -2.40. The molecule has 3 aliphatic heterocycles. The highest BCUT2D eigenvalue weighted by molar-refractivity contribution is 6.74. The lowest BCUT2D eigenvalue weighted by atomic mass is 10.2. The molecule has 0 N–H and O–H groups in total. The Morgan fingerprint density at radius 1 is 0.783 bits per heavy atom. The van der Waals surface area contributed by atoms with E-state index in [-0.39, 0.29) is 44.9 Å². The van der Waals surface area contributed by atoms with Gasteiger partial charge in [-0.3, -0.25) is 10.1 Å². The van der Waals surface area contributed by atoms with E-state index in [4.69, 9.17) is 28.5 Å². The zero-order valence-electron chi connectivity index (χ0n) is 29.5. The summed E-state index contributed by atoms with van der Waals surface area (Å²) in [5.41, 5.74) is 0.758. The van der Waals surface area contributed by atoms with Crippen LogP contribution in [0.15, 0.2) is 24.3 Å². The summed E-state index contributed by atoms with van der Waals surface area (Å²) in [5.74, 6) is 1.78. The molecule has 4 atom stereocenters. The molecule has 3 saturated heterocycles. The Labute approximate surface area is 276 Å². The van der Waals surface area contributed by atoms with Crippen molar-refractivity contribution in [3.63, 3.8) is 0 Å². The Morgan fingerprint density at radius 3 is 1.67 bits per heavy atom. The number of hydrogen-bond donors (Lipinski definition) is 0. The van der Waals surface area contributed by atoms with Crippen LogP contribution in [0, 0.1) is 10.1 Å². The number of nitrogens with zero attached hydrogens (tertiary/aromatic N) is 6. The van der Waals surface area contributed by atoms with E-state index < -0.39 is 16.6 Å². The molecular weight excluding hydrogens is 617 g/mol. The van der Waals surface area contributed by atoms with Crippen LogP contribution in [-0.4, -0.2) is 87.1 Å². The fourth-order valence-electron chi connectivity index (χ4n) is 6.06. The molecule has 4 heterocycles. The zero-order chi connectivity index (χ0) is 33.7. The number of non-ortho nitro benzene ring substituents is 1. The second-order valence-electron chi connectivity index (χ2n) is 16.3. The van der Waals surface area contributed by atoms with E-state index in [2.05, 4.69) is 77.5 Å². The molecule has 254 valence electrons. The number of fused-ring (bicyclic) bond motifs is 2. The zero-order valence-corrected chi connectivity index (χ0v) is 31.5. The minimum absolute atomic E-state index is 0.0368. The molecule has 5 rings (SSSR count). The van der Waals surface area contributed by atoms with E-state index in [9.17, 15) is 10.1 Å². The molecule has 4 unspecified atom stereocenters. The van der Waals surface area contributed by atoms with Crippen LogP contribution in [-0.2, 0) is 13.6 Å². The Bertz CT molecular complexity index is 1340. The molecule has 0 aliphatic carbocycles. The lowest BCUT2D eigenvalue weighted by molar-refractivity contribution is -0.384. The summed E-state index contributed by atoms with van der Waals surface area (Å²) in [7, 11) is -4.01. The number of hydrogen-bond acceptors (Lipinski definition) is 10. The number of nitro benzene ring substituents is 1. The van der Waals surface area contributed by atoms with Crippen LogP contribution >= 0.6 is 0 Å². The fraction of sp³-hybridized carbons (Fsp3) is 0.727. The predicted octanol–water partition coefficient (Wildman–Crippen LogP) is 7.20. The summed E-state index contributed by atoms with van der Waals surface area (Å²) < 4.78 is 19.5. The smallest absolute Gasteiger partial charge is 0.269 e. The first-order valence-corrected chi connectivity index (χ1v) is 22.6. The number of nitro groups is 1. The first-order chi connectivity index (χ1) is 21.4. The van der Waals surface area contributed by atoms with Gasteiger partial charge in [0, 0.05) is 17.7 Å². The standard InChI is InChI=1S/C33H54N6O5Si2/c1-32(2,3)45(7,8)43-21-27-17-18-28(22-44-46(9,10)33(4,5)6)38(27)31-35-29(23-11-13-24(14-12-23)39(40)41)34-30(36-31)37-25-15-16-26(37)20-42-19-25/h11-14,25-28H,15-22H2,1-10H3. The molecule has 3 aliphatic rings. The summed E-state index contributed by atoms with van der Waals surface area (Å²) in [6.45, 7) is 25.3.